The van der Waals surface area contributed by atoms with Crippen LogP contribution in [0.3, 0.4) is 0 Å². The molecule has 0 spiro atoms. The summed E-state index contributed by atoms with van der Waals surface area (Å²) in [5.74, 6) is 0.242. The number of ether oxygens (including phenoxy) is 1. The Morgan fingerprint density at radius 3 is 2.33 bits per heavy atom. The number of hydrogen-bond donors (Lipinski definition) is 1. The summed E-state index contributed by atoms with van der Waals surface area (Å²) in [6.45, 7) is 1.78. The van der Waals surface area contributed by atoms with Crippen LogP contribution >= 0.6 is 11.6 Å². The summed E-state index contributed by atoms with van der Waals surface area (Å²) >= 11 is 5.93. The summed E-state index contributed by atoms with van der Waals surface area (Å²) in [7, 11) is 1.54. The third-order valence-electron chi connectivity index (χ3n) is 4.00. The van der Waals surface area contributed by atoms with Crippen molar-refractivity contribution in [3.8, 4) is 5.75 Å². The van der Waals surface area contributed by atoms with Crippen LogP contribution in [0.5, 0.6) is 5.75 Å². The summed E-state index contributed by atoms with van der Waals surface area (Å²) in [4.78, 5) is 28.4. The number of methoxy groups -OCH3 is 1. The Hall–Kier alpha value is -2.54. The van der Waals surface area contributed by atoms with E-state index in [1.807, 2.05) is 6.07 Å². The fourth-order valence-electron chi connectivity index (χ4n) is 2.68. The van der Waals surface area contributed by atoms with Crippen molar-refractivity contribution in [1.29, 1.82) is 0 Å². The van der Waals surface area contributed by atoms with E-state index in [2.05, 4.69) is 10.2 Å². The predicted molar refractivity (Wildman–Crippen MR) is 88.4 cm³/mol. The van der Waals surface area contributed by atoms with Crippen molar-refractivity contribution in [3.63, 3.8) is 0 Å². The lowest BCUT2D eigenvalue weighted by Gasteiger charge is -2.34. The van der Waals surface area contributed by atoms with Gasteiger partial charge in [0.25, 0.3) is 11.8 Å². The Balaban J connectivity index is 1.66. The maximum Gasteiger partial charge on any atom is 0.273 e. The van der Waals surface area contributed by atoms with E-state index in [9.17, 15) is 9.59 Å². The number of amides is 2. The summed E-state index contributed by atoms with van der Waals surface area (Å²) < 4.78 is 5.24. The number of H-pyrrole nitrogens is 1. The fourth-order valence-corrected chi connectivity index (χ4v) is 2.86. The Morgan fingerprint density at radius 1 is 1.12 bits per heavy atom. The Kier molecular flexibility index (Phi) is 4.71. The lowest BCUT2D eigenvalue weighted by Crippen LogP contribution is -2.50. The largest absolute Gasteiger partial charge is 0.496 e. The zero-order valence-corrected chi connectivity index (χ0v) is 13.9. The molecule has 24 heavy (non-hydrogen) atoms. The minimum absolute atomic E-state index is 0.0980. The van der Waals surface area contributed by atoms with Gasteiger partial charge in [-0.2, -0.15) is 5.10 Å². The minimum atomic E-state index is -0.207. The molecule has 126 valence electrons. The molecule has 0 unspecified atom stereocenters. The number of piperazine rings is 1. The summed E-state index contributed by atoms with van der Waals surface area (Å²) in [5.41, 5.74) is 0.803. The standard InChI is InChI=1S/C16H17ClN4O3/c1-24-13-5-3-2-4-11(13)15(22)20-6-8-21(9-7-20)16(23)14-12(17)10-18-19-14/h2-5,10H,6-9H2,1H3,(H,18,19). The summed E-state index contributed by atoms with van der Waals surface area (Å²) in [6, 6.07) is 7.12. The quantitative estimate of drug-likeness (QED) is 0.915. The molecule has 2 heterocycles. The van der Waals surface area contributed by atoms with Gasteiger partial charge in [-0.05, 0) is 12.1 Å². The SMILES string of the molecule is COc1ccccc1C(=O)N1CCN(C(=O)c2[nH]ncc2Cl)CC1. The molecule has 1 fully saturated rings. The van der Waals surface area contributed by atoms with Gasteiger partial charge >= 0.3 is 0 Å². The highest BCUT2D eigenvalue weighted by Gasteiger charge is 2.28. The predicted octanol–water partition coefficient (Wildman–Crippen LogP) is 1.67. The van der Waals surface area contributed by atoms with Crippen molar-refractivity contribution < 1.29 is 14.3 Å². The van der Waals surface area contributed by atoms with Crippen molar-refractivity contribution in [2.45, 2.75) is 0 Å². The second-order valence-corrected chi connectivity index (χ2v) is 5.78. The van der Waals surface area contributed by atoms with Gasteiger partial charge in [-0.25, -0.2) is 0 Å². The van der Waals surface area contributed by atoms with Gasteiger partial charge in [-0.1, -0.05) is 23.7 Å². The molecule has 1 aliphatic rings. The molecule has 0 aliphatic carbocycles. The maximum absolute atomic E-state index is 12.6. The third kappa shape index (κ3) is 3.07. The monoisotopic (exact) mass is 348 g/mol. The first kappa shape index (κ1) is 16.3. The average molecular weight is 349 g/mol. The van der Waals surface area contributed by atoms with E-state index < -0.39 is 0 Å². The second-order valence-electron chi connectivity index (χ2n) is 5.38. The molecular weight excluding hydrogens is 332 g/mol. The van der Waals surface area contributed by atoms with E-state index in [1.165, 1.54) is 13.3 Å². The van der Waals surface area contributed by atoms with Gasteiger partial charge in [-0.3, -0.25) is 14.7 Å². The Bertz CT molecular complexity index is 753. The molecule has 1 aromatic carbocycles. The number of halogens is 1. The topological polar surface area (TPSA) is 78.5 Å². The zero-order valence-electron chi connectivity index (χ0n) is 13.2. The van der Waals surface area contributed by atoms with Gasteiger partial charge in [0.15, 0.2) is 0 Å². The van der Waals surface area contributed by atoms with Crippen LogP contribution in [0, 0.1) is 0 Å². The number of aromatic nitrogens is 2. The number of aromatic amines is 1. The molecule has 0 atom stereocenters. The van der Waals surface area contributed by atoms with Crippen LogP contribution in [0.1, 0.15) is 20.8 Å². The van der Waals surface area contributed by atoms with Gasteiger partial charge in [0.05, 0.1) is 23.9 Å². The van der Waals surface area contributed by atoms with Crippen LogP contribution in [0.4, 0.5) is 0 Å². The second kappa shape index (κ2) is 6.92. The van der Waals surface area contributed by atoms with Crippen molar-refractivity contribution >= 4 is 23.4 Å². The van der Waals surface area contributed by atoms with E-state index in [-0.39, 0.29) is 17.5 Å². The molecule has 8 heteroatoms. The highest BCUT2D eigenvalue weighted by molar-refractivity contribution is 6.33. The zero-order chi connectivity index (χ0) is 17.1. The number of rotatable bonds is 3. The van der Waals surface area contributed by atoms with Crippen molar-refractivity contribution in [3.05, 3.63) is 46.7 Å². The van der Waals surface area contributed by atoms with Gasteiger partial charge < -0.3 is 14.5 Å². The molecular formula is C16H17ClN4O3. The van der Waals surface area contributed by atoms with Gasteiger partial charge in [-0.15, -0.1) is 0 Å². The molecule has 0 radical (unpaired) electrons. The van der Waals surface area contributed by atoms with Gasteiger partial charge in [0.2, 0.25) is 0 Å². The third-order valence-corrected chi connectivity index (χ3v) is 4.28. The maximum atomic E-state index is 12.6. The van der Waals surface area contributed by atoms with E-state index >= 15 is 0 Å². The molecule has 1 N–H and O–H groups in total. The molecule has 7 nitrogen and oxygen atoms in total. The molecule has 0 bridgehead atoms. The Morgan fingerprint density at radius 2 is 1.75 bits per heavy atom. The first-order valence-corrected chi connectivity index (χ1v) is 7.90. The molecule has 1 aromatic heterocycles. The van der Waals surface area contributed by atoms with Gasteiger partial charge in [0.1, 0.15) is 11.4 Å². The van der Waals surface area contributed by atoms with E-state index in [1.54, 1.807) is 28.0 Å². The molecule has 1 saturated heterocycles. The molecule has 2 amide bonds. The van der Waals surface area contributed by atoms with E-state index in [4.69, 9.17) is 16.3 Å². The Labute approximate surface area is 144 Å². The number of nitrogens with zero attached hydrogens (tertiary/aromatic N) is 3. The van der Waals surface area contributed by atoms with Crippen LogP contribution in [0.2, 0.25) is 5.02 Å². The number of hydrogen-bond acceptors (Lipinski definition) is 4. The summed E-state index contributed by atoms with van der Waals surface area (Å²) in [5, 5.41) is 6.66. The normalized spacial score (nSPS) is 14.6. The van der Waals surface area contributed by atoms with Crippen LogP contribution in [-0.2, 0) is 0 Å². The first-order valence-electron chi connectivity index (χ1n) is 7.52. The van der Waals surface area contributed by atoms with Crippen molar-refractivity contribution in [2.75, 3.05) is 33.3 Å². The van der Waals surface area contributed by atoms with Crippen LogP contribution in [0.15, 0.2) is 30.5 Å². The molecule has 1 aliphatic heterocycles. The lowest BCUT2D eigenvalue weighted by molar-refractivity contribution is 0.0530. The number of benzene rings is 1. The smallest absolute Gasteiger partial charge is 0.273 e. The van der Waals surface area contributed by atoms with Crippen molar-refractivity contribution in [1.82, 2.24) is 20.0 Å². The molecule has 3 rings (SSSR count). The average Bonchev–Trinajstić information content (AvgIpc) is 3.06. The van der Waals surface area contributed by atoms with Crippen LogP contribution < -0.4 is 4.74 Å². The first-order chi connectivity index (χ1) is 11.6. The number of carbonyl (C=O) groups excluding carboxylic acids is 2. The van der Waals surface area contributed by atoms with Crippen LogP contribution in [0.25, 0.3) is 0 Å². The minimum Gasteiger partial charge on any atom is -0.496 e. The van der Waals surface area contributed by atoms with E-state index in [0.717, 1.165) is 0 Å². The molecule has 0 saturated carbocycles. The highest BCUT2D eigenvalue weighted by Crippen LogP contribution is 2.21. The number of para-hydroxylation sites is 1. The number of nitrogens with one attached hydrogen (secondary N) is 1. The van der Waals surface area contributed by atoms with E-state index in [0.29, 0.717) is 42.5 Å². The van der Waals surface area contributed by atoms with Crippen molar-refractivity contribution in [2.24, 2.45) is 0 Å². The summed E-state index contributed by atoms with van der Waals surface area (Å²) in [6.07, 6.45) is 1.40. The highest BCUT2D eigenvalue weighted by atomic mass is 35.5. The van der Waals surface area contributed by atoms with Gasteiger partial charge in [0, 0.05) is 26.2 Å². The van der Waals surface area contributed by atoms with Crippen LogP contribution in [-0.4, -0.2) is 65.1 Å². The lowest BCUT2D eigenvalue weighted by atomic mass is 10.1. The fraction of sp³-hybridized carbons (Fsp3) is 0.312. The molecule has 2 aromatic rings. The number of carbonyl (C=O) groups is 2.